The second-order valence-electron chi connectivity index (χ2n) is 6.31. The molecular formula is C18H20N2O4S. The van der Waals surface area contributed by atoms with Gasteiger partial charge in [-0.25, -0.2) is 0 Å². The van der Waals surface area contributed by atoms with E-state index in [9.17, 15) is 9.59 Å². The number of rotatable bonds is 3. The van der Waals surface area contributed by atoms with Crippen LogP contribution in [0.1, 0.15) is 33.3 Å². The van der Waals surface area contributed by atoms with E-state index in [2.05, 4.69) is 11.4 Å². The van der Waals surface area contributed by atoms with Crippen LogP contribution in [0, 0.1) is 0 Å². The molecule has 2 aromatic rings. The summed E-state index contributed by atoms with van der Waals surface area (Å²) in [5.74, 6) is 0.0568. The molecule has 0 saturated carbocycles. The van der Waals surface area contributed by atoms with Crippen molar-refractivity contribution in [1.29, 1.82) is 0 Å². The third kappa shape index (κ3) is 3.34. The van der Waals surface area contributed by atoms with Gasteiger partial charge in [0, 0.05) is 31.1 Å². The summed E-state index contributed by atoms with van der Waals surface area (Å²) in [5, 5.41) is 2.07. The largest absolute Gasteiger partial charge is 0.472 e. The highest BCUT2D eigenvalue weighted by Gasteiger charge is 2.29. The second kappa shape index (κ2) is 7.01. The molecule has 1 saturated heterocycles. The number of nitrogens with zero attached hydrogens (tertiary/aromatic N) is 2. The van der Waals surface area contributed by atoms with Crippen LogP contribution in [0.25, 0.3) is 0 Å². The fourth-order valence-electron chi connectivity index (χ4n) is 3.39. The van der Waals surface area contributed by atoms with Gasteiger partial charge in [-0.05, 0) is 29.5 Å². The first kappa shape index (κ1) is 16.4. The maximum atomic E-state index is 12.6. The van der Waals surface area contributed by atoms with Gasteiger partial charge in [0.1, 0.15) is 12.4 Å². The van der Waals surface area contributed by atoms with Gasteiger partial charge in [0.15, 0.2) is 0 Å². The standard InChI is InChI=1S/C18H20N2O4S/c21-16(11-15-17-13(2-9-24-15)3-10-25-17)19-4-6-20(7-5-19)18(22)14-1-8-23-12-14/h1,3,8,10,12,15H,2,4-7,9,11H2. The topological polar surface area (TPSA) is 63.0 Å². The first-order valence-corrected chi connectivity index (χ1v) is 9.37. The van der Waals surface area contributed by atoms with Crippen molar-refractivity contribution in [3.05, 3.63) is 46.0 Å². The molecule has 2 aliphatic heterocycles. The minimum absolute atomic E-state index is 0.0420. The Bertz CT molecular complexity index is 747. The van der Waals surface area contributed by atoms with Gasteiger partial charge in [-0.1, -0.05) is 0 Å². The Balaban J connectivity index is 1.32. The van der Waals surface area contributed by atoms with Gasteiger partial charge in [-0.15, -0.1) is 11.3 Å². The number of carbonyl (C=O) groups is 2. The normalized spacial score (nSPS) is 20.4. The van der Waals surface area contributed by atoms with Gasteiger partial charge in [0.05, 0.1) is 24.9 Å². The summed E-state index contributed by atoms with van der Waals surface area (Å²) in [7, 11) is 0. The molecule has 132 valence electrons. The molecule has 0 spiro atoms. The molecule has 2 aliphatic rings. The number of ether oxygens (including phenoxy) is 1. The smallest absolute Gasteiger partial charge is 0.257 e. The Labute approximate surface area is 150 Å². The maximum Gasteiger partial charge on any atom is 0.257 e. The van der Waals surface area contributed by atoms with E-state index in [0.717, 1.165) is 6.42 Å². The summed E-state index contributed by atoms with van der Waals surface area (Å²) in [6.07, 6.45) is 4.14. The zero-order chi connectivity index (χ0) is 17.2. The zero-order valence-electron chi connectivity index (χ0n) is 13.8. The molecule has 0 bridgehead atoms. The van der Waals surface area contributed by atoms with E-state index in [1.165, 1.54) is 23.0 Å². The van der Waals surface area contributed by atoms with Gasteiger partial charge in [0.2, 0.25) is 5.91 Å². The molecule has 1 fully saturated rings. The van der Waals surface area contributed by atoms with E-state index in [-0.39, 0.29) is 17.9 Å². The quantitative estimate of drug-likeness (QED) is 0.843. The summed E-state index contributed by atoms with van der Waals surface area (Å²) in [6.45, 7) is 2.89. The number of hydrogen-bond acceptors (Lipinski definition) is 5. The van der Waals surface area contributed by atoms with Crippen LogP contribution in [-0.4, -0.2) is 54.4 Å². The highest BCUT2D eigenvalue weighted by molar-refractivity contribution is 7.10. The van der Waals surface area contributed by atoms with Crippen LogP contribution in [-0.2, 0) is 16.0 Å². The number of thiophene rings is 1. The summed E-state index contributed by atoms with van der Waals surface area (Å²) in [6, 6.07) is 3.79. The molecule has 4 heterocycles. The second-order valence-corrected chi connectivity index (χ2v) is 7.26. The van der Waals surface area contributed by atoms with Crippen LogP contribution in [0.3, 0.4) is 0 Å². The van der Waals surface area contributed by atoms with Crippen LogP contribution in [0.15, 0.2) is 34.5 Å². The number of furan rings is 1. The molecule has 0 aromatic carbocycles. The number of hydrogen-bond donors (Lipinski definition) is 0. The highest BCUT2D eigenvalue weighted by Crippen LogP contribution is 2.34. The van der Waals surface area contributed by atoms with Gasteiger partial charge in [-0.2, -0.15) is 0 Å². The number of carbonyl (C=O) groups excluding carboxylic acids is 2. The van der Waals surface area contributed by atoms with Crippen LogP contribution < -0.4 is 0 Å². The van der Waals surface area contributed by atoms with Crippen molar-refractivity contribution in [3.8, 4) is 0 Å². The Morgan fingerprint density at radius 1 is 1.16 bits per heavy atom. The molecule has 0 radical (unpaired) electrons. The van der Waals surface area contributed by atoms with Crippen LogP contribution >= 0.6 is 11.3 Å². The van der Waals surface area contributed by atoms with Gasteiger partial charge in [-0.3, -0.25) is 9.59 Å². The lowest BCUT2D eigenvalue weighted by atomic mass is 10.0. The number of amides is 2. The van der Waals surface area contributed by atoms with E-state index in [0.29, 0.717) is 44.8 Å². The molecule has 0 N–H and O–H groups in total. The molecule has 6 nitrogen and oxygen atoms in total. The van der Waals surface area contributed by atoms with Crippen LogP contribution in [0.2, 0.25) is 0 Å². The minimum atomic E-state index is -0.123. The lowest BCUT2D eigenvalue weighted by Crippen LogP contribution is -2.50. The lowest BCUT2D eigenvalue weighted by Gasteiger charge is -2.35. The molecule has 1 unspecified atom stereocenters. The summed E-state index contributed by atoms with van der Waals surface area (Å²) >= 11 is 1.67. The SMILES string of the molecule is O=C(CC1OCCc2ccsc21)N1CCN(C(=O)c2ccoc2)CC1. The molecule has 1 atom stereocenters. The highest BCUT2D eigenvalue weighted by atomic mass is 32.1. The molecule has 7 heteroatoms. The van der Waals surface area contributed by atoms with Gasteiger partial charge in [0.25, 0.3) is 5.91 Å². The van der Waals surface area contributed by atoms with Crippen molar-refractivity contribution < 1.29 is 18.7 Å². The summed E-state index contributed by atoms with van der Waals surface area (Å²) < 4.78 is 10.8. The van der Waals surface area contributed by atoms with E-state index in [1.54, 1.807) is 22.3 Å². The van der Waals surface area contributed by atoms with E-state index >= 15 is 0 Å². The van der Waals surface area contributed by atoms with Crippen molar-refractivity contribution in [2.75, 3.05) is 32.8 Å². The summed E-state index contributed by atoms with van der Waals surface area (Å²) in [4.78, 5) is 29.7. The fraction of sp³-hybridized carbons (Fsp3) is 0.444. The average Bonchev–Trinajstić information content (AvgIpc) is 3.33. The first-order valence-electron chi connectivity index (χ1n) is 8.49. The van der Waals surface area contributed by atoms with E-state index < -0.39 is 0 Å². The Morgan fingerprint density at radius 2 is 1.96 bits per heavy atom. The third-order valence-corrected chi connectivity index (χ3v) is 5.86. The predicted molar refractivity (Wildman–Crippen MR) is 92.5 cm³/mol. The molecule has 25 heavy (non-hydrogen) atoms. The molecule has 0 aliphatic carbocycles. The number of fused-ring (bicyclic) bond motifs is 1. The number of piperazine rings is 1. The van der Waals surface area contributed by atoms with Crippen molar-refractivity contribution in [2.45, 2.75) is 18.9 Å². The minimum Gasteiger partial charge on any atom is -0.472 e. The van der Waals surface area contributed by atoms with Crippen molar-refractivity contribution in [3.63, 3.8) is 0 Å². The lowest BCUT2D eigenvalue weighted by molar-refractivity contribution is -0.136. The first-order chi connectivity index (χ1) is 12.2. The van der Waals surface area contributed by atoms with Crippen molar-refractivity contribution in [2.24, 2.45) is 0 Å². The maximum absolute atomic E-state index is 12.6. The Morgan fingerprint density at radius 3 is 2.72 bits per heavy atom. The Hall–Kier alpha value is -2.12. The molecule has 2 amide bonds. The third-order valence-electron chi connectivity index (χ3n) is 4.81. The van der Waals surface area contributed by atoms with Crippen LogP contribution in [0.5, 0.6) is 0 Å². The Kier molecular flexibility index (Phi) is 4.59. The fourth-order valence-corrected chi connectivity index (χ4v) is 4.39. The average molecular weight is 360 g/mol. The zero-order valence-corrected chi connectivity index (χ0v) is 14.7. The van der Waals surface area contributed by atoms with Crippen molar-refractivity contribution in [1.82, 2.24) is 9.80 Å². The van der Waals surface area contributed by atoms with Crippen LogP contribution in [0.4, 0.5) is 0 Å². The van der Waals surface area contributed by atoms with E-state index in [4.69, 9.17) is 9.15 Å². The predicted octanol–water partition coefficient (Wildman–Crippen LogP) is 2.33. The molecule has 4 rings (SSSR count). The molecule has 2 aromatic heterocycles. The van der Waals surface area contributed by atoms with E-state index in [1.807, 2.05) is 4.90 Å². The van der Waals surface area contributed by atoms with Gasteiger partial charge < -0.3 is 19.0 Å². The van der Waals surface area contributed by atoms with Gasteiger partial charge >= 0.3 is 0 Å². The van der Waals surface area contributed by atoms with Crippen molar-refractivity contribution >= 4 is 23.2 Å². The molecular weight excluding hydrogens is 340 g/mol. The monoisotopic (exact) mass is 360 g/mol. The summed E-state index contributed by atoms with van der Waals surface area (Å²) in [5.41, 5.74) is 1.87.